The lowest BCUT2D eigenvalue weighted by Crippen LogP contribution is -2.18. The van der Waals surface area contributed by atoms with E-state index >= 15 is 0 Å². The molecule has 0 amide bonds. The lowest BCUT2D eigenvalue weighted by atomic mass is 10.6. The highest BCUT2D eigenvalue weighted by atomic mass is 127. The van der Waals surface area contributed by atoms with Gasteiger partial charge in [-0.1, -0.05) is 11.3 Å². The second-order valence-electron chi connectivity index (χ2n) is 3.25. The lowest BCUT2D eigenvalue weighted by Gasteiger charge is -1.99. The maximum atomic E-state index is 4.95. The number of halogens is 1. The first kappa shape index (κ1) is 12.9. The molecule has 8 heteroatoms. The first-order chi connectivity index (χ1) is 8.29. The second-order valence-corrected chi connectivity index (χ2v) is 5.54. The van der Waals surface area contributed by atoms with Crippen molar-refractivity contribution in [3.63, 3.8) is 0 Å². The van der Waals surface area contributed by atoms with Crippen LogP contribution in [0.1, 0.15) is 5.01 Å². The van der Waals surface area contributed by atoms with Crippen LogP contribution in [-0.2, 0) is 11.3 Å². The van der Waals surface area contributed by atoms with E-state index in [4.69, 9.17) is 4.74 Å². The van der Waals surface area contributed by atoms with E-state index in [2.05, 4.69) is 43.2 Å². The van der Waals surface area contributed by atoms with Crippen molar-refractivity contribution in [1.29, 1.82) is 0 Å². The number of methoxy groups -OCH3 is 1. The summed E-state index contributed by atoms with van der Waals surface area (Å²) in [6, 6.07) is 0. The van der Waals surface area contributed by atoms with Crippen molar-refractivity contribution in [3.05, 3.63) is 21.0 Å². The van der Waals surface area contributed by atoms with Crippen LogP contribution in [0.4, 0.5) is 0 Å². The first-order valence-corrected chi connectivity index (χ1v) is 6.91. The highest BCUT2D eigenvalue weighted by Gasteiger charge is 2.06. The molecule has 1 N–H and O–H groups in total. The second kappa shape index (κ2) is 6.38. The van der Waals surface area contributed by atoms with Gasteiger partial charge in [-0.05, 0) is 22.6 Å². The smallest absolute Gasteiger partial charge is 0.232 e. The molecule has 2 aromatic heterocycles. The number of rotatable bonds is 6. The molecule has 92 valence electrons. The topological polar surface area (TPSA) is 64.9 Å². The summed E-state index contributed by atoms with van der Waals surface area (Å²) in [5.41, 5.74) is 0. The zero-order valence-corrected chi connectivity index (χ0v) is 12.2. The summed E-state index contributed by atoms with van der Waals surface area (Å²) in [4.78, 5) is 0. The Hall–Kier alpha value is -0.580. The van der Waals surface area contributed by atoms with Crippen LogP contribution in [0, 0.1) is 3.57 Å². The quantitative estimate of drug-likeness (QED) is 0.613. The molecular weight excluding hydrogens is 353 g/mol. The van der Waals surface area contributed by atoms with E-state index in [1.165, 1.54) is 11.3 Å². The predicted octanol–water partition coefficient (Wildman–Crippen LogP) is 1.06. The highest BCUT2D eigenvalue weighted by Crippen LogP contribution is 2.14. The molecule has 0 saturated heterocycles. The van der Waals surface area contributed by atoms with Crippen LogP contribution in [0.3, 0.4) is 0 Å². The largest absolute Gasteiger partial charge is 0.383 e. The van der Waals surface area contributed by atoms with Crippen molar-refractivity contribution in [2.75, 3.05) is 20.3 Å². The summed E-state index contributed by atoms with van der Waals surface area (Å²) < 4.78 is 7.76. The Labute approximate surface area is 117 Å². The van der Waals surface area contributed by atoms with Crippen molar-refractivity contribution >= 4 is 33.9 Å². The Bertz CT molecular complexity index is 471. The molecule has 17 heavy (non-hydrogen) atoms. The average Bonchev–Trinajstić information content (AvgIpc) is 2.93. The van der Waals surface area contributed by atoms with Crippen molar-refractivity contribution in [2.45, 2.75) is 6.54 Å². The van der Waals surface area contributed by atoms with Gasteiger partial charge in [-0.25, -0.2) is 4.68 Å². The minimum atomic E-state index is 0.697. The highest BCUT2D eigenvalue weighted by molar-refractivity contribution is 14.1. The fourth-order valence-corrected chi connectivity index (χ4v) is 2.31. The zero-order chi connectivity index (χ0) is 12.1. The van der Waals surface area contributed by atoms with Gasteiger partial charge in [-0.15, -0.1) is 10.2 Å². The fraction of sp³-hybridized carbons (Fsp3) is 0.444. The van der Waals surface area contributed by atoms with Crippen LogP contribution < -0.4 is 5.32 Å². The molecule has 2 aromatic rings. The molecule has 0 radical (unpaired) electrons. The van der Waals surface area contributed by atoms with Crippen LogP contribution in [0.25, 0.3) is 5.13 Å². The number of ether oxygens (including phenoxy) is 1. The van der Waals surface area contributed by atoms with E-state index in [0.29, 0.717) is 13.2 Å². The van der Waals surface area contributed by atoms with Crippen molar-refractivity contribution < 1.29 is 4.74 Å². The third kappa shape index (κ3) is 3.69. The number of nitrogens with one attached hydrogen (secondary N) is 1. The Balaban J connectivity index is 1.92. The molecule has 0 aliphatic carbocycles. The van der Waals surface area contributed by atoms with Crippen LogP contribution in [-0.4, -0.2) is 40.2 Å². The lowest BCUT2D eigenvalue weighted by molar-refractivity contribution is 0.199. The molecule has 0 aliphatic rings. The number of aromatic nitrogens is 4. The Kier molecular flexibility index (Phi) is 4.83. The van der Waals surface area contributed by atoms with Gasteiger partial charge in [0.2, 0.25) is 5.13 Å². The SMILES string of the molecule is COCCNCc1nnc(-n2cc(I)cn2)s1. The third-order valence-electron chi connectivity index (χ3n) is 1.96. The molecule has 0 aromatic carbocycles. The summed E-state index contributed by atoms with van der Waals surface area (Å²) >= 11 is 3.74. The van der Waals surface area contributed by atoms with Gasteiger partial charge in [-0.2, -0.15) is 5.10 Å². The zero-order valence-electron chi connectivity index (χ0n) is 9.26. The van der Waals surface area contributed by atoms with Gasteiger partial charge in [0.15, 0.2) is 0 Å². The van der Waals surface area contributed by atoms with Gasteiger partial charge >= 0.3 is 0 Å². The average molecular weight is 365 g/mol. The molecule has 2 rings (SSSR count). The number of hydrogen-bond acceptors (Lipinski definition) is 6. The van der Waals surface area contributed by atoms with Crippen molar-refractivity contribution in [3.8, 4) is 5.13 Å². The Morgan fingerprint density at radius 1 is 1.53 bits per heavy atom. The van der Waals surface area contributed by atoms with E-state index in [0.717, 1.165) is 20.3 Å². The molecule has 6 nitrogen and oxygen atoms in total. The van der Waals surface area contributed by atoms with E-state index in [-0.39, 0.29) is 0 Å². The maximum Gasteiger partial charge on any atom is 0.232 e. The molecule has 0 bridgehead atoms. The van der Waals surface area contributed by atoms with Crippen LogP contribution in [0.15, 0.2) is 12.4 Å². The van der Waals surface area contributed by atoms with Gasteiger partial charge in [-0.3, -0.25) is 0 Å². The standard InChI is InChI=1S/C9H12IN5OS/c1-16-3-2-11-5-8-13-14-9(17-8)15-6-7(10)4-12-15/h4,6,11H,2-3,5H2,1H3. The van der Waals surface area contributed by atoms with E-state index in [1.54, 1.807) is 18.0 Å². The molecular formula is C9H12IN5OS. The Morgan fingerprint density at radius 3 is 3.12 bits per heavy atom. The minimum Gasteiger partial charge on any atom is -0.383 e. The summed E-state index contributed by atoms with van der Waals surface area (Å²) in [6.45, 7) is 2.22. The Morgan fingerprint density at radius 2 is 2.41 bits per heavy atom. The van der Waals surface area contributed by atoms with E-state index in [1.807, 2.05) is 6.20 Å². The summed E-state index contributed by atoms with van der Waals surface area (Å²) in [7, 11) is 1.68. The van der Waals surface area contributed by atoms with E-state index < -0.39 is 0 Å². The number of nitrogens with zero attached hydrogens (tertiary/aromatic N) is 4. The van der Waals surface area contributed by atoms with Gasteiger partial charge in [0.1, 0.15) is 5.01 Å². The summed E-state index contributed by atoms with van der Waals surface area (Å²) in [5.74, 6) is 0. The van der Waals surface area contributed by atoms with E-state index in [9.17, 15) is 0 Å². The number of hydrogen-bond donors (Lipinski definition) is 1. The minimum absolute atomic E-state index is 0.697. The monoisotopic (exact) mass is 365 g/mol. The van der Waals surface area contributed by atoms with Gasteiger partial charge < -0.3 is 10.1 Å². The molecule has 0 unspecified atom stereocenters. The molecule has 0 saturated carbocycles. The third-order valence-corrected chi connectivity index (χ3v) is 3.43. The van der Waals surface area contributed by atoms with Crippen molar-refractivity contribution in [2.24, 2.45) is 0 Å². The predicted molar refractivity (Wildman–Crippen MR) is 73.3 cm³/mol. The van der Waals surface area contributed by atoms with Crippen molar-refractivity contribution in [1.82, 2.24) is 25.3 Å². The fourth-order valence-electron chi connectivity index (χ4n) is 1.18. The summed E-state index contributed by atoms with van der Waals surface area (Å²) in [6.07, 6.45) is 3.71. The van der Waals surface area contributed by atoms with Gasteiger partial charge in [0.25, 0.3) is 0 Å². The molecule has 0 fully saturated rings. The molecule has 0 atom stereocenters. The van der Waals surface area contributed by atoms with Crippen LogP contribution >= 0.6 is 33.9 Å². The maximum absolute atomic E-state index is 4.95. The molecule has 2 heterocycles. The van der Waals surface area contributed by atoms with Crippen LogP contribution in [0.2, 0.25) is 0 Å². The van der Waals surface area contributed by atoms with Gasteiger partial charge in [0.05, 0.1) is 16.4 Å². The first-order valence-electron chi connectivity index (χ1n) is 5.02. The summed E-state index contributed by atoms with van der Waals surface area (Å²) in [5, 5.41) is 17.3. The van der Waals surface area contributed by atoms with Gasteiger partial charge in [0, 0.05) is 26.4 Å². The molecule has 0 aliphatic heterocycles. The normalized spacial score (nSPS) is 10.9. The molecule has 0 spiro atoms. The van der Waals surface area contributed by atoms with Crippen LogP contribution in [0.5, 0.6) is 0 Å².